The fourth-order valence-electron chi connectivity index (χ4n) is 5.20. The lowest BCUT2D eigenvalue weighted by Crippen LogP contribution is -2.58. The Morgan fingerprint density at radius 1 is 0.659 bits per heavy atom. The van der Waals surface area contributed by atoms with E-state index in [1.807, 2.05) is 48.5 Å². The van der Waals surface area contributed by atoms with E-state index in [2.05, 4.69) is 25.9 Å². The molecule has 13 heteroatoms. The molecule has 234 valence electrons. The zero-order chi connectivity index (χ0) is 31.6. The van der Waals surface area contributed by atoms with Gasteiger partial charge < -0.3 is 48.9 Å². The highest BCUT2D eigenvalue weighted by Gasteiger charge is 2.31. The Bertz CT molecular complexity index is 1600. The number of para-hydroxylation sites is 2. The second kappa shape index (κ2) is 15.1. The summed E-state index contributed by atoms with van der Waals surface area (Å²) in [5, 5.41) is 10.0. The Morgan fingerprint density at radius 2 is 1.14 bits per heavy atom. The predicted octanol–water partition coefficient (Wildman–Crippen LogP) is -0.211. The summed E-state index contributed by atoms with van der Waals surface area (Å²) in [6.07, 6.45) is 4.73. The summed E-state index contributed by atoms with van der Waals surface area (Å²) in [7, 11) is 0. The highest BCUT2D eigenvalue weighted by molar-refractivity contribution is 5.96. The van der Waals surface area contributed by atoms with Crippen molar-refractivity contribution < 1.29 is 19.2 Å². The molecular formula is C31H41N9O4. The maximum absolute atomic E-state index is 13.9. The number of benzene rings is 2. The molecule has 0 bridgehead atoms. The lowest BCUT2D eigenvalue weighted by Gasteiger charge is -2.25. The number of aromatic amines is 2. The molecule has 0 aliphatic carbocycles. The Morgan fingerprint density at radius 3 is 1.61 bits per heavy atom. The third-order valence-corrected chi connectivity index (χ3v) is 7.64. The second-order valence-electron chi connectivity index (χ2n) is 10.8. The molecule has 2 aromatic heterocycles. The van der Waals surface area contributed by atoms with Gasteiger partial charge in [0.05, 0.1) is 6.04 Å². The van der Waals surface area contributed by atoms with Gasteiger partial charge in [-0.05, 0) is 55.6 Å². The molecule has 4 amide bonds. The molecule has 44 heavy (non-hydrogen) atoms. The van der Waals surface area contributed by atoms with Gasteiger partial charge in [0.2, 0.25) is 23.6 Å². The van der Waals surface area contributed by atoms with Crippen LogP contribution in [-0.2, 0) is 32.0 Å². The summed E-state index contributed by atoms with van der Waals surface area (Å²) < 4.78 is 0. The smallest absolute Gasteiger partial charge is 0.243 e. The Labute approximate surface area is 254 Å². The first kappa shape index (κ1) is 32.2. The van der Waals surface area contributed by atoms with Gasteiger partial charge in [-0.25, -0.2) is 0 Å². The molecule has 0 saturated carbocycles. The number of hydrogen-bond donors (Lipinski definition) is 9. The molecule has 0 aliphatic heterocycles. The molecule has 4 atom stereocenters. The van der Waals surface area contributed by atoms with Crippen LogP contribution in [0.1, 0.15) is 30.4 Å². The number of fused-ring (bicyclic) bond motifs is 2. The number of aromatic nitrogens is 2. The van der Waals surface area contributed by atoms with E-state index in [0.29, 0.717) is 13.0 Å². The van der Waals surface area contributed by atoms with Crippen molar-refractivity contribution in [3.63, 3.8) is 0 Å². The fourth-order valence-corrected chi connectivity index (χ4v) is 5.20. The van der Waals surface area contributed by atoms with Crippen molar-refractivity contribution in [3.05, 3.63) is 72.1 Å². The molecule has 0 spiro atoms. The molecule has 13 nitrogen and oxygen atoms in total. The lowest BCUT2D eigenvalue weighted by atomic mass is 10.0. The van der Waals surface area contributed by atoms with Gasteiger partial charge in [-0.3, -0.25) is 19.2 Å². The maximum atomic E-state index is 13.9. The monoisotopic (exact) mass is 603 g/mol. The lowest BCUT2D eigenvalue weighted by molar-refractivity contribution is -0.133. The molecule has 0 aliphatic rings. The van der Waals surface area contributed by atoms with Gasteiger partial charge in [0.15, 0.2) is 0 Å². The second-order valence-corrected chi connectivity index (χ2v) is 10.8. The van der Waals surface area contributed by atoms with Crippen molar-refractivity contribution in [1.82, 2.24) is 25.9 Å². The van der Waals surface area contributed by atoms with E-state index in [4.69, 9.17) is 22.9 Å². The molecule has 0 fully saturated rings. The van der Waals surface area contributed by atoms with E-state index in [0.717, 1.165) is 32.9 Å². The van der Waals surface area contributed by atoms with E-state index < -0.39 is 47.8 Å². The van der Waals surface area contributed by atoms with E-state index in [9.17, 15) is 19.2 Å². The SMILES string of the molecule is NCCC[C@H](NC(=O)[C@@H](Cc1c[nH]c2ccccc12)NC(=O)[C@@H](Cc1c[nH]c2ccccc12)NC(=O)[C@@H](N)CCN)C(N)=O. The molecule has 2 aromatic carbocycles. The zero-order valence-electron chi connectivity index (χ0n) is 24.5. The van der Waals surface area contributed by atoms with Gasteiger partial charge in [-0.1, -0.05) is 36.4 Å². The van der Waals surface area contributed by atoms with Crippen molar-refractivity contribution in [2.75, 3.05) is 13.1 Å². The van der Waals surface area contributed by atoms with Crippen molar-refractivity contribution in [2.24, 2.45) is 22.9 Å². The molecule has 0 saturated heterocycles. The number of primary amides is 1. The standard InChI is InChI=1S/C31H41N9O4/c32-12-5-10-25(28(35)41)38-30(43)27(15-19-17-37-24-9-4-2-7-21(19)24)40-31(44)26(39-29(42)22(34)11-13-33)14-18-16-36-23-8-3-1-6-20(18)23/h1-4,6-9,16-17,22,25-27,36-37H,5,10-15,32-34H2,(H2,35,41)(H,38,43)(H,39,42)(H,40,44)/t22-,25-,26+,27+/m0/s1. The maximum Gasteiger partial charge on any atom is 0.243 e. The average molecular weight is 604 g/mol. The summed E-state index contributed by atoms with van der Waals surface area (Å²) in [6, 6.07) is 11.1. The minimum atomic E-state index is -1.11. The summed E-state index contributed by atoms with van der Waals surface area (Å²) >= 11 is 0. The van der Waals surface area contributed by atoms with E-state index >= 15 is 0 Å². The molecule has 0 radical (unpaired) electrons. The minimum absolute atomic E-state index is 0.102. The predicted molar refractivity (Wildman–Crippen MR) is 169 cm³/mol. The number of rotatable bonds is 16. The Hall–Kier alpha value is -4.72. The van der Waals surface area contributed by atoms with E-state index in [-0.39, 0.29) is 32.2 Å². The number of carbonyl (C=O) groups is 4. The third kappa shape index (κ3) is 8.01. The minimum Gasteiger partial charge on any atom is -0.368 e. The van der Waals surface area contributed by atoms with Crippen LogP contribution in [0, 0.1) is 0 Å². The first-order chi connectivity index (χ1) is 21.2. The first-order valence-electron chi connectivity index (χ1n) is 14.7. The largest absolute Gasteiger partial charge is 0.368 e. The molecule has 4 rings (SSSR count). The van der Waals surface area contributed by atoms with Crippen molar-refractivity contribution in [2.45, 2.75) is 56.3 Å². The average Bonchev–Trinajstić information content (AvgIpc) is 3.62. The van der Waals surface area contributed by atoms with Crippen LogP contribution in [0.3, 0.4) is 0 Å². The molecule has 2 heterocycles. The van der Waals surface area contributed by atoms with Crippen LogP contribution in [0.5, 0.6) is 0 Å². The van der Waals surface area contributed by atoms with Crippen molar-refractivity contribution in [1.29, 1.82) is 0 Å². The van der Waals surface area contributed by atoms with Crippen LogP contribution < -0.4 is 38.9 Å². The number of carbonyl (C=O) groups excluding carboxylic acids is 4. The van der Waals surface area contributed by atoms with E-state index in [1.54, 1.807) is 12.4 Å². The summed E-state index contributed by atoms with van der Waals surface area (Å²) in [4.78, 5) is 59.0. The van der Waals surface area contributed by atoms with Gasteiger partial charge in [-0.2, -0.15) is 0 Å². The van der Waals surface area contributed by atoms with Gasteiger partial charge >= 0.3 is 0 Å². The Kier molecular flexibility index (Phi) is 11.1. The third-order valence-electron chi connectivity index (χ3n) is 7.64. The van der Waals surface area contributed by atoms with Crippen LogP contribution >= 0.6 is 0 Å². The number of nitrogens with two attached hydrogens (primary N) is 4. The summed E-state index contributed by atoms with van der Waals surface area (Å²) in [5.41, 5.74) is 26.1. The number of H-pyrrole nitrogens is 2. The Balaban J connectivity index is 1.63. The summed E-state index contributed by atoms with van der Waals surface area (Å²) in [6.45, 7) is 0.516. The van der Waals surface area contributed by atoms with Crippen LogP contribution in [0.2, 0.25) is 0 Å². The van der Waals surface area contributed by atoms with Crippen molar-refractivity contribution >= 4 is 45.4 Å². The first-order valence-corrected chi connectivity index (χ1v) is 14.7. The normalized spacial score (nSPS) is 14.1. The summed E-state index contributed by atoms with van der Waals surface area (Å²) in [5.74, 6) is -2.44. The number of nitrogens with one attached hydrogen (secondary N) is 5. The molecule has 13 N–H and O–H groups in total. The van der Waals surface area contributed by atoms with Gasteiger partial charge in [0.1, 0.15) is 18.1 Å². The zero-order valence-corrected chi connectivity index (χ0v) is 24.5. The van der Waals surface area contributed by atoms with Crippen LogP contribution in [0.25, 0.3) is 21.8 Å². The van der Waals surface area contributed by atoms with Crippen LogP contribution in [-0.4, -0.2) is 70.9 Å². The van der Waals surface area contributed by atoms with Gasteiger partial charge in [0, 0.05) is 47.0 Å². The van der Waals surface area contributed by atoms with Crippen LogP contribution in [0.4, 0.5) is 0 Å². The molecule has 4 aromatic rings. The van der Waals surface area contributed by atoms with Gasteiger partial charge in [0.25, 0.3) is 0 Å². The van der Waals surface area contributed by atoms with Gasteiger partial charge in [-0.15, -0.1) is 0 Å². The highest BCUT2D eigenvalue weighted by atomic mass is 16.2. The molecular weight excluding hydrogens is 562 g/mol. The quantitative estimate of drug-likeness (QED) is 0.0834. The number of amides is 4. The highest BCUT2D eigenvalue weighted by Crippen LogP contribution is 2.21. The fraction of sp³-hybridized carbons (Fsp3) is 0.355. The number of hydrogen-bond acceptors (Lipinski definition) is 7. The van der Waals surface area contributed by atoms with Crippen molar-refractivity contribution in [3.8, 4) is 0 Å². The van der Waals surface area contributed by atoms with E-state index in [1.165, 1.54) is 0 Å². The molecule has 0 unspecified atom stereocenters. The van der Waals surface area contributed by atoms with Crippen LogP contribution in [0.15, 0.2) is 60.9 Å². The topological polar surface area (TPSA) is 240 Å².